The Kier molecular flexibility index (Phi) is 7.02. The van der Waals surface area contributed by atoms with Crippen LogP contribution in [0.4, 0.5) is 0 Å². The number of carbonyl (C=O) groups excluding carboxylic acids is 2. The molecule has 8 nitrogen and oxygen atoms in total. The second-order valence-corrected chi connectivity index (χ2v) is 8.64. The number of amides is 2. The average molecular weight is 439 g/mol. The monoisotopic (exact) mass is 438 g/mol. The van der Waals surface area contributed by atoms with E-state index < -0.39 is 17.9 Å². The Bertz CT molecular complexity index is 903. The summed E-state index contributed by atoms with van der Waals surface area (Å²) in [4.78, 5) is 33.7. The number of carbonyl (C=O) groups is 2. The molecule has 4 rings (SSSR count). The smallest absolute Gasteiger partial charge is 0.248 e. The Hall–Kier alpha value is -2.97. The number of piperidine rings is 2. The van der Waals surface area contributed by atoms with Crippen LogP contribution in [0, 0.1) is 5.92 Å². The number of likely N-dealkylation sites (tertiary alicyclic amines) is 2. The standard InChI is InChI=1S/C24H30N4O4/c1-27-16-20(32-19-7-11-25-12-8-19)15-21(23(29)26-31)22(27)24(30)28-13-9-18(10-14-28)17-5-3-2-4-6-17/h2-8,11-12,18,20-22,31H,9-10,13-16H2,1H3,(H,26,29)/t20-,21-,22-/m0/s1. The highest BCUT2D eigenvalue weighted by molar-refractivity contribution is 5.90. The van der Waals surface area contributed by atoms with Crippen molar-refractivity contribution < 1.29 is 19.5 Å². The molecule has 0 saturated carbocycles. The van der Waals surface area contributed by atoms with Crippen LogP contribution in [0.2, 0.25) is 0 Å². The van der Waals surface area contributed by atoms with E-state index in [-0.39, 0.29) is 12.0 Å². The van der Waals surface area contributed by atoms with Crippen LogP contribution in [0.5, 0.6) is 5.75 Å². The molecule has 2 saturated heterocycles. The van der Waals surface area contributed by atoms with Gasteiger partial charge in [0.1, 0.15) is 17.9 Å². The van der Waals surface area contributed by atoms with E-state index in [1.807, 2.05) is 35.0 Å². The Balaban J connectivity index is 1.43. The van der Waals surface area contributed by atoms with E-state index in [4.69, 9.17) is 4.74 Å². The van der Waals surface area contributed by atoms with Gasteiger partial charge in [0.25, 0.3) is 0 Å². The maximum atomic E-state index is 13.5. The molecule has 0 spiro atoms. The first kappa shape index (κ1) is 22.2. The number of likely N-dealkylation sites (N-methyl/N-ethyl adjacent to an activating group) is 1. The van der Waals surface area contributed by atoms with Crippen molar-refractivity contribution in [3.63, 3.8) is 0 Å². The second-order valence-electron chi connectivity index (χ2n) is 8.64. The maximum Gasteiger partial charge on any atom is 0.248 e. The summed E-state index contributed by atoms with van der Waals surface area (Å²) in [6.45, 7) is 1.83. The van der Waals surface area contributed by atoms with Crippen molar-refractivity contribution in [1.82, 2.24) is 20.3 Å². The van der Waals surface area contributed by atoms with Crippen LogP contribution in [0.25, 0.3) is 0 Å². The van der Waals surface area contributed by atoms with Gasteiger partial charge in [0.05, 0.1) is 5.92 Å². The zero-order chi connectivity index (χ0) is 22.5. The molecule has 1 aromatic carbocycles. The zero-order valence-corrected chi connectivity index (χ0v) is 18.3. The van der Waals surface area contributed by atoms with Gasteiger partial charge in [-0.2, -0.15) is 0 Å². The van der Waals surface area contributed by atoms with E-state index in [1.54, 1.807) is 30.0 Å². The Morgan fingerprint density at radius 3 is 2.44 bits per heavy atom. The zero-order valence-electron chi connectivity index (χ0n) is 18.3. The third-order valence-corrected chi connectivity index (χ3v) is 6.59. The predicted octanol–water partition coefficient (Wildman–Crippen LogP) is 2.06. The summed E-state index contributed by atoms with van der Waals surface area (Å²) in [6, 6.07) is 13.3. The molecule has 2 aromatic rings. The lowest BCUT2D eigenvalue weighted by Crippen LogP contribution is -2.61. The SMILES string of the molecule is CN1C[C@@H](Oc2ccncc2)C[C@H](C(=O)NO)[C@H]1C(=O)N1CCC(c2ccccc2)CC1. The third kappa shape index (κ3) is 4.92. The number of hydrogen-bond donors (Lipinski definition) is 2. The second kappa shape index (κ2) is 10.1. The molecule has 2 aliphatic rings. The van der Waals surface area contributed by atoms with E-state index in [2.05, 4.69) is 17.1 Å². The first-order valence-corrected chi connectivity index (χ1v) is 11.1. The van der Waals surface area contributed by atoms with Gasteiger partial charge in [0.15, 0.2) is 0 Å². The maximum absolute atomic E-state index is 13.5. The van der Waals surface area contributed by atoms with E-state index in [1.165, 1.54) is 5.56 Å². The van der Waals surface area contributed by atoms with Gasteiger partial charge in [-0.05, 0) is 49.9 Å². The van der Waals surface area contributed by atoms with Crippen molar-refractivity contribution >= 4 is 11.8 Å². The predicted molar refractivity (Wildman–Crippen MR) is 118 cm³/mol. The number of hydrogen-bond acceptors (Lipinski definition) is 6. The lowest BCUT2D eigenvalue weighted by molar-refractivity contribution is -0.151. The lowest BCUT2D eigenvalue weighted by atomic mass is 9.85. The molecule has 0 unspecified atom stereocenters. The van der Waals surface area contributed by atoms with Crippen molar-refractivity contribution in [2.45, 2.75) is 37.3 Å². The van der Waals surface area contributed by atoms with Gasteiger partial charge in [-0.1, -0.05) is 30.3 Å². The highest BCUT2D eigenvalue weighted by Gasteiger charge is 2.45. The molecule has 1 aromatic heterocycles. The molecular weight excluding hydrogens is 408 g/mol. The van der Waals surface area contributed by atoms with Crippen LogP contribution in [0.15, 0.2) is 54.9 Å². The number of aromatic nitrogens is 1. The summed E-state index contributed by atoms with van der Waals surface area (Å²) in [7, 11) is 1.83. The quantitative estimate of drug-likeness (QED) is 0.548. The summed E-state index contributed by atoms with van der Waals surface area (Å²) < 4.78 is 6.02. The van der Waals surface area contributed by atoms with E-state index >= 15 is 0 Å². The molecule has 2 N–H and O–H groups in total. The number of ether oxygens (including phenoxy) is 1. The van der Waals surface area contributed by atoms with E-state index in [0.717, 1.165) is 12.8 Å². The topological polar surface area (TPSA) is 95.0 Å². The molecule has 2 fully saturated rings. The third-order valence-electron chi connectivity index (χ3n) is 6.59. The van der Waals surface area contributed by atoms with Crippen molar-refractivity contribution in [1.29, 1.82) is 0 Å². The molecule has 32 heavy (non-hydrogen) atoms. The van der Waals surface area contributed by atoms with Gasteiger partial charge in [-0.3, -0.25) is 24.7 Å². The largest absolute Gasteiger partial charge is 0.489 e. The van der Waals surface area contributed by atoms with Crippen molar-refractivity contribution in [3.05, 3.63) is 60.4 Å². The fourth-order valence-corrected chi connectivity index (χ4v) is 4.96. The van der Waals surface area contributed by atoms with Crippen molar-refractivity contribution in [3.8, 4) is 5.75 Å². The van der Waals surface area contributed by atoms with E-state index in [0.29, 0.717) is 37.7 Å². The first-order chi connectivity index (χ1) is 15.6. The van der Waals surface area contributed by atoms with Crippen LogP contribution in [0.1, 0.15) is 30.7 Å². The van der Waals surface area contributed by atoms with Crippen LogP contribution < -0.4 is 10.2 Å². The molecule has 8 heteroatoms. The molecule has 0 bridgehead atoms. The summed E-state index contributed by atoms with van der Waals surface area (Å²) >= 11 is 0. The molecule has 0 radical (unpaired) electrons. The fourth-order valence-electron chi connectivity index (χ4n) is 4.96. The summed E-state index contributed by atoms with van der Waals surface area (Å²) in [5.41, 5.74) is 3.06. The van der Waals surface area contributed by atoms with Crippen molar-refractivity contribution in [2.75, 3.05) is 26.7 Å². The Morgan fingerprint density at radius 2 is 1.78 bits per heavy atom. The fraction of sp³-hybridized carbons (Fsp3) is 0.458. The summed E-state index contributed by atoms with van der Waals surface area (Å²) in [5, 5.41) is 9.33. The summed E-state index contributed by atoms with van der Waals surface area (Å²) in [6.07, 6.45) is 5.15. The summed E-state index contributed by atoms with van der Waals surface area (Å²) in [5.74, 6) is -0.217. The Labute approximate surface area is 188 Å². The number of benzene rings is 1. The Morgan fingerprint density at radius 1 is 1.09 bits per heavy atom. The molecule has 2 aliphatic heterocycles. The van der Waals surface area contributed by atoms with Gasteiger partial charge in [-0.25, -0.2) is 5.48 Å². The van der Waals surface area contributed by atoms with Crippen LogP contribution in [-0.4, -0.2) is 70.6 Å². The molecule has 170 valence electrons. The first-order valence-electron chi connectivity index (χ1n) is 11.1. The number of rotatable bonds is 5. The minimum absolute atomic E-state index is 0.0602. The lowest BCUT2D eigenvalue weighted by Gasteiger charge is -2.43. The van der Waals surface area contributed by atoms with Gasteiger partial charge >= 0.3 is 0 Å². The van der Waals surface area contributed by atoms with Crippen molar-refractivity contribution in [2.24, 2.45) is 5.92 Å². The van der Waals surface area contributed by atoms with Gasteiger partial charge in [-0.15, -0.1) is 0 Å². The van der Waals surface area contributed by atoms with Gasteiger partial charge < -0.3 is 9.64 Å². The molecule has 0 aliphatic carbocycles. The minimum Gasteiger partial charge on any atom is -0.489 e. The van der Waals surface area contributed by atoms with Crippen LogP contribution >= 0.6 is 0 Å². The molecule has 2 amide bonds. The molecule has 3 atom stereocenters. The highest BCUT2D eigenvalue weighted by atomic mass is 16.5. The molecule has 3 heterocycles. The van der Waals surface area contributed by atoms with E-state index in [9.17, 15) is 14.8 Å². The average Bonchev–Trinajstić information content (AvgIpc) is 2.84. The highest BCUT2D eigenvalue weighted by Crippen LogP contribution is 2.31. The minimum atomic E-state index is -0.704. The normalized spacial score (nSPS) is 24.7. The van der Waals surface area contributed by atoms with Gasteiger partial charge in [0.2, 0.25) is 11.8 Å². The number of hydroxylamine groups is 1. The van der Waals surface area contributed by atoms with Crippen LogP contribution in [-0.2, 0) is 9.59 Å². The number of pyridine rings is 1. The number of nitrogens with zero attached hydrogens (tertiary/aromatic N) is 3. The number of nitrogens with one attached hydrogen (secondary N) is 1. The molecular formula is C24H30N4O4. The van der Waals surface area contributed by atoms with Crippen LogP contribution in [0.3, 0.4) is 0 Å². The van der Waals surface area contributed by atoms with Gasteiger partial charge in [0, 0.05) is 32.0 Å².